The quantitative estimate of drug-likeness (QED) is 0.573. The Hall–Kier alpha value is -0.790. The predicted molar refractivity (Wildman–Crippen MR) is 89.0 cm³/mol. The number of rotatable bonds is 3. The van der Waals surface area contributed by atoms with Crippen molar-refractivity contribution < 1.29 is 0 Å². The Morgan fingerprint density at radius 3 is 2.30 bits per heavy atom. The van der Waals surface area contributed by atoms with Crippen LogP contribution in [0.3, 0.4) is 0 Å². The van der Waals surface area contributed by atoms with Crippen LogP contribution >= 0.6 is 22.9 Å². The Morgan fingerprint density at radius 2 is 1.70 bits per heavy atom. The van der Waals surface area contributed by atoms with Gasteiger partial charge in [-0.15, -0.1) is 22.9 Å². The van der Waals surface area contributed by atoms with E-state index in [2.05, 4.69) is 43.3 Å². The molecule has 0 saturated heterocycles. The Labute approximate surface area is 130 Å². The smallest absolute Gasteiger partial charge is 0.0927 e. The van der Waals surface area contributed by atoms with Gasteiger partial charge >= 0.3 is 0 Å². The zero-order chi connectivity index (χ0) is 13.9. The normalized spacial score (nSPS) is 18.1. The summed E-state index contributed by atoms with van der Waals surface area (Å²) in [5, 5.41) is -0.00546. The van der Waals surface area contributed by atoms with E-state index in [4.69, 9.17) is 11.6 Å². The van der Waals surface area contributed by atoms with Gasteiger partial charge in [0.25, 0.3) is 0 Å². The van der Waals surface area contributed by atoms with Crippen LogP contribution in [-0.4, -0.2) is 0 Å². The second-order valence-corrected chi connectivity index (χ2v) is 7.57. The van der Waals surface area contributed by atoms with Gasteiger partial charge in [0.2, 0.25) is 0 Å². The summed E-state index contributed by atoms with van der Waals surface area (Å²) in [6.45, 7) is 2.13. The number of thiophene rings is 1. The van der Waals surface area contributed by atoms with Crippen LogP contribution < -0.4 is 0 Å². The average molecular weight is 305 g/mol. The number of hydrogen-bond acceptors (Lipinski definition) is 1. The molecule has 2 heteroatoms. The highest BCUT2D eigenvalue weighted by Crippen LogP contribution is 2.36. The van der Waals surface area contributed by atoms with Crippen molar-refractivity contribution in [2.24, 2.45) is 0 Å². The van der Waals surface area contributed by atoms with Crippen LogP contribution in [0.1, 0.15) is 64.3 Å². The van der Waals surface area contributed by atoms with E-state index in [1.165, 1.54) is 53.0 Å². The van der Waals surface area contributed by atoms with E-state index in [9.17, 15) is 0 Å². The summed E-state index contributed by atoms with van der Waals surface area (Å²) < 4.78 is 0. The minimum absolute atomic E-state index is 0.00546. The maximum Gasteiger partial charge on any atom is 0.0927 e. The van der Waals surface area contributed by atoms with E-state index in [0.717, 1.165) is 5.92 Å². The summed E-state index contributed by atoms with van der Waals surface area (Å²) in [7, 11) is 0. The molecule has 0 aliphatic heterocycles. The highest BCUT2D eigenvalue weighted by Gasteiger charge is 2.17. The molecule has 0 bridgehead atoms. The maximum atomic E-state index is 6.59. The SMILES string of the molecule is Cc1ccc(C(Cl)c2ccc(C3CCCCC3)cc2)s1. The molecule has 1 aromatic heterocycles. The van der Waals surface area contributed by atoms with Gasteiger partial charge in [-0.25, -0.2) is 0 Å². The molecule has 3 rings (SSSR count). The standard InChI is InChI=1S/C18H21ClS/c1-13-7-12-17(20-13)18(19)16-10-8-15(9-11-16)14-5-3-2-4-6-14/h7-12,14,18H,2-6H2,1H3. The minimum Gasteiger partial charge on any atom is -0.144 e. The van der Waals surface area contributed by atoms with E-state index in [-0.39, 0.29) is 5.38 Å². The molecule has 1 atom stereocenters. The first-order valence-electron chi connectivity index (χ1n) is 7.54. The van der Waals surface area contributed by atoms with Crippen LogP contribution in [0.2, 0.25) is 0 Å². The van der Waals surface area contributed by atoms with Gasteiger partial charge in [-0.3, -0.25) is 0 Å². The third-order valence-electron chi connectivity index (χ3n) is 4.32. The number of benzene rings is 1. The van der Waals surface area contributed by atoms with Crippen LogP contribution in [0.15, 0.2) is 36.4 Å². The summed E-state index contributed by atoms with van der Waals surface area (Å²) >= 11 is 8.38. The van der Waals surface area contributed by atoms with Crippen molar-refractivity contribution in [2.45, 2.75) is 50.3 Å². The molecule has 1 unspecified atom stereocenters. The van der Waals surface area contributed by atoms with Gasteiger partial charge in [-0.05, 0) is 48.9 Å². The lowest BCUT2D eigenvalue weighted by Crippen LogP contribution is -2.04. The molecule has 0 spiro atoms. The molecule has 20 heavy (non-hydrogen) atoms. The van der Waals surface area contributed by atoms with Gasteiger partial charge in [-0.1, -0.05) is 43.5 Å². The second-order valence-electron chi connectivity index (χ2n) is 5.81. The fourth-order valence-electron chi connectivity index (χ4n) is 3.13. The van der Waals surface area contributed by atoms with Gasteiger partial charge in [-0.2, -0.15) is 0 Å². The molecule has 0 nitrogen and oxygen atoms in total. The predicted octanol–water partition coefficient (Wildman–Crippen LogP) is 6.43. The molecule has 0 amide bonds. The molecule has 1 aliphatic rings. The second kappa shape index (κ2) is 6.32. The summed E-state index contributed by atoms with van der Waals surface area (Å²) in [6.07, 6.45) is 6.90. The van der Waals surface area contributed by atoms with E-state index in [1.54, 1.807) is 11.3 Å². The van der Waals surface area contributed by atoms with Crippen LogP contribution in [0.5, 0.6) is 0 Å². The molecule has 1 aromatic carbocycles. The van der Waals surface area contributed by atoms with Crippen LogP contribution in [0, 0.1) is 6.92 Å². The topological polar surface area (TPSA) is 0 Å². The molecule has 1 heterocycles. The molecule has 1 aliphatic carbocycles. The van der Waals surface area contributed by atoms with Gasteiger partial charge in [0.15, 0.2) is 0 Å². The van der Waals surface area contributed by atoms with Gasteiger partial charge in [0.1, 0.15) is 0 Å². The Balaban J connectivity index is 1.75. The largest absolute Gasteiger partial charge is 0.144 e. The number of halogens is 1. The summed E-state index contributed by atoms with van der Waals surface area (Å²) in [5.74, 6) is 0.774. The van der Waals surface area contributed by atoms with Crippen LogP contribution in [0.25, 0.3) is 0 Å². The van der Waals surface area contributed by atoms with E-state index in [0.29, 0.717) is 0 Å². The van der Waals surface area contributed by atoms with E-state index >= 15 is 0 Å². The molecule has 2 aromatic rings. The van der Waals surface area contributed by atoms with Crippen molar-refractivity contribution >= 4 is 22.9 Å². The van der Waals surface area contributed by atoms with Crippen molar-refractivity contribution in [1.29, 1.82) is 0 Å². The molecular formula is C18H21ClS. The molecular weight excluding hydrogens is 284 g/mol. The Bertz CT molecular complexity index is 549. The fraction of sp³-hybridized carbons (Fsp3) is 0.444. The first-order chi connectivity index (χ1) is 9.74. The summed E-state index contributed by atoms with van der Waals surface area (Å²) in [5.41, 5.74) is 2.72. The highest BCUT2D eigenvalue weighted by atomic mass is 35.5. The Kier molecular flexibility index (Phi) is 4.48. The van der Waals surface area contributed by atoms with Gasteiger partial charge < -0.3 is 0 Å². The van der Waals surface area contributed by atoms with Crippen molar-refractivity contribution in [3.63, 3.8) is 0 Å². The summed E-state index contributed by atoms with van der Waals surface area (Å²) in [4.78, 5) is 2.57. The lowest BCUT2D eigenvalue weighted by atomic mass is 9.84. The zero-order valence-corrected chi connectivity index (χ0v) is 13.5. The van der Waals surface area contributed by atoms with Crippen LogP contribution in [-0.2, 0) is 0 Å². The first-order valence-corrected chi connectivity index (χ1v) is 8.79. The molecule has 106 valence electrons. The van der Waals surface area contributed by atoms with Crippen molar-refractivity contribution in [3.8, 4) is 0 Å². The summed E-state index contributed by atoms with van der Waals surface area (Å²) in [6, 6.07) is 13.3. The Morgan fingerprint density at radius 1 is 1.00 bits per heavy atom. The lowest BCUT2D eigenvalue weighted by molar-refractivity contribution is 0.443. The van der Waals surface area contributed by atoms with Crippen molar-refractivity contribution in [3.05, 3.63) is 57.3 Å². The van der Waals surface area contributed by atoms with E-state index in [1.807, 2.05) is 0 Å². The van der Waals surface area contributed by atoms with Crippen molar-refractivity contribution in [2.75, 3.05) is 0 Å². The first kappa shape index (κ1) is 14.2. The number of hydrogen-bond donors (Lipinski definition) is 0. The highest BCUT2D eigenvalue weighted by molar-refractivity contribution is 7.12. The molecule has 1 fully saturated rings. The number of alkyl halides is 1. The molecule has 1 saturated carbocycles. The van der Waals surface area contributed by atoms with Crippen LogP contribution in [0.4, 0.5) is 0 Å². The van der Waals surface area contributed by atoms with Gasteiger partial charge in [0, 0.05) is 9.75 Å². The maximum absolute atomic E-state index is 6.59. The lowest BCUT2D eigenvalue weighted by Gasteiger charge is -2.22. The third kappa shape index (κ3) is 3.10. The van der Waals surface area contributed by atoms with E-state index < -0.39 is 0 Å². The average Bonchev–Trinajstić information content (AvgIpc) is 2.94. The number of aryl methyl sites for hydroxylation is 1. The third-order valence-corrected chi connectivity index (χ3v) is 6.00. The fourth-order valence-corrected chi connectivity index (χ4v) is 4.36. The van der Waals surface area contributed by atoms with Crippen molar-refractivity contribution in [1.82, 2.24) is 0 Å². The zero-order valence-electron chi connectivity index (χ0n) is 11.9. The minimum atomic E-state index is -0.00546. The van der Waals surface area contributed by atoms with Gasteiger partial charge in [0.05, 0.1) is 5.38 Å². The molecule has 0 N–H and O–H groups in total. The monoisotopic (exact) mass is 304 g/mol. The molecule has 0 radical (unpaired) electrons.